The van der Waals surface area contributed by atoms with Crippen molar-refractivity contribution < 1.29 is 23.8 Å². The second-order valence-corrected chi connectivity index (χ2v) is 6.65. The third-order valence-electron chi connectivity index (χ3n) is 3.51. The fourth-order valence-corrected chi connectivity index (χ4v) is 3.16. The SMILES string of the molecule is O=C(COC(=O)CCSc1ccccc1)Nc1ccc2c(c1)OCCO2. The number of anilines is 1. The average Bonchev–Trinajstić information content (AvgIpc) is 2.67. The summed E-state index contributed by atoms with van der Waals surface area (Å²) in [6.45, 7) is 0.670. The average molecular weight is 373 g/mol. The number of amides is 1. The molecule has 0 atom stereocenters. The summed E-state index contributed by atoms with van der Waals surface area (Å²) in [5.74, 6) is 1.05. The zero-order valence-electron chi connectivity index (χ0n) is 14.1. The van der Waals surface area contributed by atoms with Crippen LogP contribution in [0.3, 0.4) is 0 Å². The summed E-state index contributed by atoms with van der Waals surface area (Å²) in [6.07, 6.45) is 0.247. The van der Waals surface area contributed by atoms with E-state index in [4.69, 9.17) is 14.2 Å². The third kappa shape index (κ3) is 5.42. The molecular weight excluding hydrogens is 354 g/mol. The van der Waals surface area contributed by atoms with Crippen molar-refractivity contribution in [3.05, 3.63) is 48.5 Å². The second kappa shape index (κ2) is 9.15. The van der Waals surface area contributed by atoms with E-state index in [1.54, 1.807) is 30.0 Å². The van der Waals surface area contributed by atoms with Crippen molar-refractivity contribution in [2.75, 3.05) is 30.9 Å². The first kappa shape index (κ1) is 18.1. The minimum Gasteiger partial charge on any atom is -0.486 e. The van der Waals surface area contributed by atoms with E-state index in [1.165, 1.54) is 0 Å². The number of benzene rings is 2. The van der Waals surface area contributed by atoms with Gasteiger partial charge in [0.25, 0.3) is 5.91 Å². The lowest BCUT2D eigenvalue weighted by molar-refractivity contribution is -0.146. The molecule has 0 aliphatic carbocycles. The van der Waals surface area contributed by atoms with Gasteiger partial charge in [-0.05, 0) is 24.3 Å². The van der Waals surface area contributed by atoms with Crippen LogP contribution in [-0.2, 0) is 14.3 Å². The molecule has 0 radical (unpaired) electrons. The van der Waals surface area contributed by atoms with Crippen LogP contribution in [0, 0.1) is 0 Å². The van der Waals surface area contributed by atoms with Gasteiger partial charge in [0, 0.05) is 22.4 Å². The van der Waals surface area contributed by atoms with Gasteiger partial charge >= 0.3 is 5.97 Å². The van der Waals surface area contributed by atoms with Crippen LogP contribution in [-0.4, -0.2) is 37.4 Å². The lowest BCUT2D eigenvalue weighted by Gasteiger charge is -2.19. The molecule has 2 aromatic carbocycles. The molecule has 1 amide bonds. The number of hydrogen-bond acceptors (Lipinski definition) is 6. The number of hydrogen-bond donors (Lipinski definition) is 1. The van der Waals surface area contributed by atoms with Crippen LogP contribution < -0.4 is 14.8 Å². The Bertz CT molecular complexity index is 766. The molecule has 1 aliphatic heterocycles. The first-order chi connectivity index (χ1) is 12.7. The maximum absolute atomic E-state index is 11.9. The Balaban J connectivity index is 1.37. The van der Waals surface area contributed by atoms with Crippen LogP contribution in [0.25, 0.3) is 0 Å². The molecule has 0 aromatic heterocycles. The van der Waals surface area contributed by atoms with Crippen LogP contribution in [0.4, 0.5) is 5.69 Å². The normalized spacial score (nSPS) is 12.3. The van der Waals surface area contributed by atoms with Crippen LogP contribution in [0.2, 0.25) is 0 Å². The summed E-state index contributed by atoms with van der Waals surface area (Å²) in [5.41, 5.74) is 0.565. The van der Waals surface area contributed by atoms with Crippen molar-refractivity contribution >= 4 is 29.3 Å². The topological polar surface area (TPSA) is 73.9 Å². The number of thioether (sulfide) groups is 1. The van der Waals surface area contributed by atoms with E-state index in [-0.39, 0.29) is 13.0 Å². The standard InChI is InChI=1S/C19H19NO5S/c21-18(20-14-6-7-16-17(12-14)24-10-9-23-16)13-25-19(22)8-11-26-15-4-2-1-3-5-15/h1-7,12H,8-11,13H2,(H,20,21). The molecule has 1 aliphatic rings. The molecule has 3 rings (SSSR count). The van der Waals surface area contributed by atoms with Crippen LogP contribution in [0.1, 0.15) is 6.42 Å². The number of esters is 1. The molecule has 0 spiro atoms. The van der Waals surface area contributed by atoms with E-state index in [0.29, 0.717) is 36.2 Å². The van der Waals surface area contributed by atoms with E-state index in [1.807, 2.05) is 30.3 Å². The number of rotatable bonds is 7. The number of nitrogens with one attached hydrogen (secondary N) is 1. The number of carbonyl (C=O) groups is 2. The van der Waals surface area contributed by atoms with Gasteiger partial charge in [-0.2, -0.15) is 0 Å². The van der Waals surface area contributed by atoms with Gasteiger partial charge in [0.15, 0.2) is 18.1 Å². The lowest BCUT2D eigenvalue weighted by atomic mass is 10.2. The molecule has 7 heteroatoms. The highest BCUT2D eigenvalue weighted by atomic mass is 32.2. The number of carbonyl (C=O) groups excluding carboxylic acids is 2. The third-order valence-corrected chi connectivity index (χ3v) is 4.52. The zero-order chi connectivity index (χ0) is 18.2. The quantitative estimate of drug-likeness (QED) is 0.594. The largest absolute Gasteiger partial charge is 0.486 e. The first-order valence-electron chi connectivity index (χ1n) is 8.24. The monoisotopic (exact) mass is 373 g/mol. The molecule has 0 unspecified atom stereocenters. The smallest absolute Gasteiger partial charge is 0.307 e. The van der Waals surface area contributed by atoms with Gasteiger partial charge in [-0.15, -0.1) is 11.8 Å². The predicted molar refractivity (Wildman–Crippen MR) is 98.8 cm³/mol. The summed E-state index contributed by atoms with van der Waals surface area (Å²) in [6, 6.07) is 14.9. The van der Waals surface area contributed by atoms with Crippen molar-refractivity contribution in [3.8, 4) is 11.5 Å². The van der Waals surface area contributed by atoms with Crippen molar-refractivity contribution in [1.82, 2.24) is 0 Å². The lowest BCUT2D eigenvalue weighted by Crippen LogP contribution is -2.21. The van der Waals surface area contributed by atoms with Gasteiger partial charge in [0.1, 0.15) is 13.2 Å². The minimum atomic E-state index is -0.397. The fraction of sp³-hybridized carbons (Fsp3) is 0.263. The summed E-state index contributed by atoms with van der Waals surface area (Å²) < 4.78 is 15.9. The Morgan fingerprint density at radius 2 is 1.81 bits per heavy atom. The Morgan fingerprint density at radius 1 is 1.04 bits per heavy atom. The molecule has 136 valence electrons. The Labute approximate surface area is 155 Å². The van der Waals surface area contributed by atoms with Gasteiger partial charge in [-0.3, -0.25) is 9.59 Å². The maximum Gasteiger partial charge on any atom is 0.307 e. The van der Waals surface area contributed by atoms with Crippen LogP contribution in [0.15, 0.2) is 53.4 Å². The Morgan fingerprint density at radius 3 is 2.62 bits per heavy atom. The molecular formula is C19H19NO5S. The predicted octanol–water partition coefficient (Wildman–Crippen LogP) is 3.12. The molecule has 1 N–H and O–H groups in total. The molecule has 6 nitrogen and oxygen atoms in total. The molecule has 0 bridgehead atoms. The highest BCUT2D eigenvalue weighted by molar-refractivity contribution is 7.99. The van der Waals surface area contributed by atoms with Gasteiger partial charge in [-0.1, -0.05) is 18.2 Å². The van der Waals surface area contributed by atoms with E-state index in [2.05, 4.69) is 5.32 Å². The summed E-state index contributed by atoms with van der Waals surface area (Å²) in [4.78, 5) is 24.7. The minimum absolute atomic E-state index is 0.247. The summed E-state index contributed by atoms with van der Waals surface area (Å²) >= 11 is 1.57. The number of fused-ring (bicyclic) bond motifs is 1. The van der Waals surface area contributed by atoms with Gasteiger partial charge < -0.3 is 19.5 Å². The van der Waals surface area contributed by atoms with E-state index >= 15 is 0 Å². The molecule has 0 saturated heterocycles. The van der Waals surface area contributed by atoms with Gasteiger partial charge in [-0.25, -0.2) is 0 Å². The van der Waals surface area contributed by atoms with E-state index in [9.17, 15) is 9.59 Å². The van der Waals surface area contributed by atoms with Crippen molar-refractivity contribution in [2.24, 2.45) is 0 Å². The summed E-state index contributed by atoms with van der Waals surface area (Å²) in [5, 5.41) is 2.67. The highest BCUT2D eigenvalue weighted by Crippen LogP contribution is 2.32. The van der Waals surface area contributed by atoms with Crippen LogP contribution in [0.5, 0.6) is 11.5 Å². The van der Waals surface area contributed by atoms with Crippen molar-refractivity contribution in [1.29, 1.82) is 0 Å². The Hall–Kier alpha value is -2.67. The molecule has 26 heavy (non-hydrogen) atoms. The molecule has 1 heterocycles. The van der Waals surface area contributed by atoms with Gasteiger partial charge in [0.2, 0.25) is 0 Å². The summed E-state index contributed by atoms with van der Waals surface area (Å²) in [7, 11) is 0. The van der Waals surface area contributed by atoms with Gasteiger partial charge in [0.05, 0.1) is 6.42 Å². The number of ether oxygens (including phenoxy) is 3. The second-order valence-electron chi connectivity index (χ2n) is 5.48. The Kier molecular flexibility index (Phi) is 6.38. The van der Waals surface area contributed by atoms with Crippen molar-refractivity contribution in [2.45, 2.75) is 11.3 Å². The highest BCUT2D eigenvalue weighted by Gasteiger charge is 2.13. The van der Waals surface area contributed by atoms with Crippen molar-refractivity contribution in [3.63, 3.8) is 0 Å². The molecule has 0 saturated carbocycles. The van der Waals surface area contributed by atoms with E-state index in [0.717, 1.165) is 4.90 Å². The maximum atomic E-state index is 11.9. The zero-order valence-corrected chi connectivity index (χ0v) is 14.9. The molecule has 0 fully saturated rings. The van der Waals surface area contributed by atoms with E-state index < -0.39 is 11.9 Å². The molecule has 2 aromatic rings. The van der Waals surface area contributed by atoms with Crippen LogP contribution >= 0.6 is 11.8 Å². The fourth-order valence-electron chi connectivity index (χ4n) is 2.31. The first-order valence-corrected chi connectivity index (χ1v) is 9.22.